The molecule has 2 nitrogen and oxygen atoms in total. The smallest absolute Gasteiger partial charge is 0.347 e. The number of alkyl halides is 4. The van der Waals surface area contributed by atoms with E-state index in [1.54, 1.807) is 0 Å². The molecule has 0 radical (unpaired) electrons. The molecule has 0 rings (SSSR count). The monoisotopic (exact) mass is 230 g/mol. The summed E-state index contributed by atoms with van der Waals surface area (Å²) in [5.74, 6) is -4.31. The quantitative estimate of drug-likeness (QED) is 0.707. The molecule has 76 valence electrons. The molecular weight excluding hydrogens is 223 g/mol. The van der Waals surface area contributed by atoms with Gasteiger partial charge in [0.25, 0.3) is 0 Å². The normalized spacial score (nSPS) is 11.9. The highest BCUT2D eigenvalue weighted by Gasteiger charge is 2.43. The molecule has 12 heavy (non-hydrogen) atoms. The third-order valence-corrected chi connectivity index (χ3v) is 0.839. The highest BCUT2D eigenvalue weighted by atomic mass is 35.5. The van der Waals surface area contributed by atoms with Gasteiger partial charge in [-0.15, -0.1) is 24.8 Å². The lowest BCUT2D eigenvalue weighted by Crippen LogP contribution is -2.33. The Labute approximate surface area is 78.8 Å². The summed E-state index contributed by atoms with van der Waals surface area (Å²) >= 11 is 0. The van der Waals surface area contributed by atoms with Crippen molar-refractivity contribution in [1.82, 2.24) is 0 Å². The first-order valence-electron chi connectivity index (χ1n) is 2.26. The van der Waals surface area contributed by atoms with Crippen LogP contribution in [0.4, 0.5) is 17.6 Å². The summed E-state index contributed by atoms with van der Waals surface area (Å²) in [5, 5.41) is 0. The Morgan fingerprint density at radius 3 is 1.67 bits per heavy atom. The first-order chi connectivity index (χ1) is 4.42. The van der Waals surface area contributed by atoms with Gasteiger partial charge in [0.1, 0.15) is 5.70 Å². The lowest BCUT2D eigenvalue weighted by molar-refractivity contribution is -0.100. The van der Waals surface area contributed by atoms with E-state index in [1.807, 2.05) is 0 Å². The lowest BCUT2D eigenvalue weighted by atomic mass is 10.3. The van der Waals surface area contributed by atoms with Crippen LogP contribution in [0.1, 0.15) is 0 Å². The van der Waals surface area contributed by atoms with E-state index in [2.05, 4.69) is 11.5 Å². The Morgan fingerprint density at radius 1 is 1.25 bits per heavy atom. The minimum absolute atomic E-state index is 0. The van der Waals surface area contributed by atoms with Gasteiger partial charge < -0.3 is 11.5 Å². The Bertz CT molecular complexity index is 150. The van der Waals surface area contributed by atoms with Crippen LogP contribution in [0.15, 0.2) is 11.9 Å². The van der Waals surface area contributed by atoms with E-state index in [0.717, 1.165) is 0 Å². The number of hydrogen-bond donors (Lipinski definition) is 2. The van der Waals surface area contributed by atoms with Gasteiger partial charge in [0.15, 0.2) is 0 Å². The second-order valence-corrected chi connectivity index (χ2v) is 1.55. The molecule has 0 saturated carbocycles. The Kier molecular flexibility index (Phi) is 9.10. The molecule has 0 aromatic heterocycles. The molecular formula is C4H8Cl2F4N2. The minimum Gasteiger partial charge on any atom is -0.403 e. The number of nitrogens with two attached hydrogens (primary N) is 2. The zero-order chi connectivity index (χ0) is 8.36. The van der Waals surface area contributed by atoms with E-state index < -0.39 is 18.0 Å². The first-order valence-corrected chi connectivity index (χ1v) is 2.26. The summed E-state index contributed by atoms with van der Waals surface area (Å²) in [5.41, 5.74) is 7.64. The van der Waals surface area contributed by atoms with Crippen molar-refractivity contribution in [2.45, 2.75) is 12.3 Å². The maximum Gasteiger partial charge on any atom is 0.347 e. The van der Waals surface area contributed by atoms with Crippen molar-refractivity contribution in [1.29, 1.82) is 0 Å². The highest BCUT2D eigenvalue weighted by Crippen LogP contribution is 2.27. The van der Waals surface area contributed by atoms with Gasteiger partial charge in [-0.1, -0.05) is 0 Å². The maximum absolute atomic E-state index is 11.9. The van der Waals surface area contributed by atoms with Gasteiger partial charge in [-0.2, -0.15) is 8.78 Å². The van der Waals surface area contributed by atoms with Crippen molar-refractivity contribution in [3.8, 4) is 0 Å². The van der Waals surface area contributed by atoms with Crippen LogP contribution < -0.4 is 11.5 Å². The third kappa shape index (κ3) is 3.87. The molecule has 0 unspecified atom stereocenters. The molecule has 0 aliphatic heterocycles. The summed E-state index contributed by atoms with van der Waals surface area (Å²) in [6.45, 7) is 0. The molecule has 0 aliphatic rings. The minimum atomic E-state index is -4.31. The van der Waals surface area contributed by atoms with Gasteiger partial charge in [0, 0.05) is 6.20 Å². The van der Waals surface area contributed by atoms with Gasteiger partial charge >= 0.3 is 12.3 Å². The molecule has 0 atom stereocenters. The zero-order valence-corrected chi connectivity index (χ0v) is 7.27. The first kappa shape index (κ1) is 17.7. The molecule has 0 heterocycles. The summed E-state index contributed by atoms with van der Waals surface area (Å²) in [4.78, 5) is 0. The Hall–Kier alpha value is -0.360. The fourth-order valence-electron chi connectivity index (χ4n) is 0.237. The molecule has 0 fully saturated rings. The van der Waals surface area contributed by atoms with Crippen LogP contribution in [-0.4, -0.2) is 12.3 Å². The van der Waals surface area contributed by atoms with Gasteiger partial charge in [-0.05, 0) is 0 Å². The fourth-order valence-corrected chi connectivity index (χ4v) is 0.237. The molecule has 0 bridgehead atoms. The lowest BCUT2D eigenvalue weighted by Gasteiger charge is -2.13. The van der Waals surface area contributed by atoms with E-state index >= 15 is 0 Å². The standard InChI is InChI=1S/C4H6F4N2.2ClH/c5-3(6)4(7,8)2(10)1-9;;/h1,3H,9-10H2;2*1H/b2-1+;;. The SMILES string of the molecule is Cl.Cl.N/C=C(/N)C(F)(F)C(F)F. The Morgan fingerprint density at radius 2 is 1.58 bits per heavy atom. The largest absolute Gasteiger partial charge is 0.403 e. The van der Waals surface area contributed by atoms with Crippen LogP contribution in [0.2, 0.25) is 0 Å². The predicted octanol–water partition coefficient (Wildman–Crippen LogP) is 1.49. The molecule has 0 aromatic carbocycles. The van der Waals surface area contributed by atoms with Crippen molar-refractivity contribution >= 4 is 24.8 Å². The van der Waals surface area contributed by atoms with Crippen molar-refractivity contribution in [3.63, 3.8) is 0 Å². The topological polar surface area (TPSA) is 52.0 Å². The summed E-state index contributed by atoms with van der Waals surface area (Å²) in [7, 11) is 0. The van der Waals surface area contributed by atoms with E-state index in [1.165, 1.54) is 0 Å². The fraction of sp³-hybridized carbons (Fsp3) is 0.500. The molecule has 8 heteroatoms. The van der Waals surface area contributed by atoms with Crippen LogP contribution in [0, 0.1) is 0 Å². The van der Waals surface area contributed by atoms with Crippen molar-refractivity contribution in [3.05, 3.63) is 11.9 Å². The van der Waals surface area contributed by atoms with Gasteiger partial charge in [-0.3, -0.25) is 0 Å². The average molecular weight is 231 g/mol. The van der Waals surface area contributed by atoms with Crippen LogP contribution in [0.25, 0.3) is 0 Å². The maximum atomic E-state index is 11.9. The molecule has 0 aromatic rings. The molecule has 0 spiro atoms. The molecule has 0 saturated heterocycles. The average Bonchev–Trinajstić information content (AvgIpc) is 1.86. The van der Waals surface area contributed by atoms with Gasteiger partial charge in [0.05, 0.1) is 0 Å². The summed E-state index contributed by atoms with van der Waals surface area (Å²) in [6.07, 6.45) is -3.56. The molecule has 4 N–H and O–H groups in total. The van der Waals surface area contributed by atoms with E-state index in [9.17, 15) is 17.6 Å². The van der Waals surface area contributed by atoms with Crippen molar-refractivity contribution in [2.75, 3.05) is 0 Å². The summed E-state index contributed by atoms with van der Waals surface area (Å²) < 4.78 is 46.5. The van der Waals surface area contributed by atoms with Crippen LogP contribution >= 0.6 is 24.8 Å². The molecule has 0 aliphatic carbocycles. The number of hydrogen-bond acceptors (Lipinski definition) is 2. The zero-order valence-electron chi connectivity index (χ0n) is 5.64. The second kappa shape index (κ2) is 6.19. The summed E-state index contributed by atoms with van der Waals surface area (Å²) in [6, 6.07) is 0. The van der Waals surface area contributed by atoms with Crippen molar-refractivity contribution in [2.24, 2.45) is 11.5 Å². The highest BCUT2D eigenvalue weighted by molar-refractivity contribution is 5.85. The predicted molar refractivity (Wildman–Crippen MR) is 41.9 cm³/mol. The van der Waals surface area contributed by atoms with Crippen LogP contribution in [0.5, 0.6) is 0 Å². The second-order valence-electron chi connectivity index (χ2n) is 1.55. The van der Waals surface area contributed by atoms with E-state index in [4.69, 9.17) is 0 Å². The number of halogens is 6. The van der Waals surface area contributed by atoms with Gasteiger partial charge in [0.2, 0.25) is 0 Å². The van der Waals surface area contributed by atoms with Crippen LogP contribution in [-0.2, 0) is 0 Å². The third-order valence-electron chi connectivity index (χ3n) is 0.839. The van der Waals surface area contributed by atoms with E-state index in [-0.39, 0.29) is 31.0 Å². The number of allylic oxidation sites excluding steroid dienone is 1. The van der Waals surface area contributed by atoms with E-state index in [0.29, 0.717) is 0 Å². The number of rotatable bonds is 2. The van der Waals surface area contributed by atoms with Crippen molar-refractivity contribution < 1.29 is 17.6 Å². The van der Waals surface area contributed by atoms with Crippen LogP contribution in [0.3, 0.4) is 0 Å². The van der Waals surface area contributed by atoms with Gasteiger partial charge in [-0.25, -0.2) is 8.78 Å². The Balaban J connectivity index is -0.000000405. The molecule has 0 amide bonds.